The Balaban J connectivity index is 1.57. The molecule has 206 valence electrons. The summed E-state index contributed by atoms with van der Waals surface area (Å²) in [6.07, 6.45) is 4.63. The minimum Gasteiger partial charge on any atom is -0.386 e. The van der Waals surface area contributed by atoms with Crippen molar-refractivity contribution in [2.45, 2.75) is 58.7 Å². The molecule has 0 spiro atoms. The molecule has 1 fully saturated rings. The first kappa shape index (κ1) is 28.5. The van der Waals surface area contributed by atoms with Gasteiger partial charge in [-0.1, -0.05) is 37.3 Å². The molecule has 1 aliphatic heterocycles. The molecular weight excluding hydrogens is 488 g/mol. The molecule has 0 aliphatic carbocycles. The molecular formula is C33H40N2O4. The van der Waals surface area contributed by atoms with E-state index in [-0.39, 0.29) is 0 Å². The second kappa shape index (κ2) is 13.0. The van der Waals surface area contributed by atoms with Gasteiger partial charge < -0.3 is 19.3 Å². The lowest BCUT2D eigenvalue weighted by molar-refractivity contribution is 0.0397. The predicted octanol–water partition coefficient (Wildman–Crippen LogP) is 6.64. The Morgan fingerprint density at radius 3 is 2.28 bits per heavy atom. The molecule has 39 heavy (non-hydrogen) atoms. The quantitative estimate of drug-likeness (QED) is 0.229. The normalized spacial score (nSPS) is 15.4. The molecule has 0 saturated carbocycles. The second-order valence-electron chi connectivity index (χ2n) is 10.6. The summed E-state index contributed by atoms with van der Waals surface area (Å²) in [6.45, 7) is 6.31. The van der Waals surface area contributed by atoms with Gasteiger partial charge in [0, 0.05) is 37.5 Å². The standard InChI is InChI=1S/C33H40N2O4/c1-6-28-12-9-10-18-35(28)31-17-15-25(20-27(31)22-38-5)33(37)39-32(36)24-14-16-30(26(19-24)21-34(3)4)29-13-8-7-11-23(29)2/h7-8,11,13-17,19-20,28H,6,9-10,12,18,21-22H2,1-5H3. The average Bonchev–Trinajstić information content (AvgIpc) is 2.93. The number of anilines is 1. The molecule has 3 aromatic rings. The number of rotatable bonds is 9. The fourth-order valence-electron chi connectivity index (χ4n) is 5.54. The highest BCUT2D eigenvalue weighted by Crippen LogP contribution is 2.32. The van der Waals surface area contributed by atoms with E-state index < -0.39 is 11.9 Å². The molecule has 1 aliphatic rings. The molecule has 6 nitrogen and oxygen atoms in total. The number of carbonyl (C=O) groups excluding carboxylic acids is 2. The van der Waals surface area contributed by atoms with Gasteiger partial charge >= 0.3 is 11.9 Å². The molecule has 4 rings (SSSR count). The first-order valence-electron chi connectivity index (χ1n) is 13.8. The molecule has 0 N–H and O–H groups in total. The molecule has 1 atom stereocenters. The Kier molecular flexibility index (Phi) is 9.54. The summed E-state index contributed by atoms with van der Waals surface area (Å²) in [4.78, 5) is 30.7. The maximum absolute atomic E-state index is 13.1. The SMILES string of the molecule is CCC1CCCCN1c1ccc(C(=O)OC(=O)c2ccc(-c3ccccc3C)c(CN(C)C)c2)cc1COC. The number of nitrogens with zero attached hydrogens (tertiary/aromatic N) is 2. The van der Waals surface area contributed by atoms with E-state index in [4.69, 9.17) is 9.47 Å². The van der Waals surface area contributed by atoms with Crippen molar-refractivity contribution in [2.75, 3.05) is 32.6 Å². The van der Waals surface area contributed by atoms with Crippen molar-refractivity contribution in [1.82, 2.24) is 4.90 Å². The lowest BCUT2D eigenvalue weighted by atomic mass is 9.94. The van der Waals surface area contributed by atoms with Crippen molar-refractivity contribution < 1.29 is 19.1 Å². The van der Waals surface area contributed by atoms with E-state index in [1.165, 1.54) is 12.8 Å². The summed E-state index contributed by atoms with van der Waals surface area (Å²) in [5, 5.41) is 0. The van der Waals surface area contributed by atoms with Crippen molar-refractivity contribution >= 4 is 17.6 Å². The molecule has 1 heterocycles. The van der Waals surface area contributed by atoms with Gasteiger partial charge in [-0.05, 0) is 99.3 Å². The third-order valence-corrected chi connectivity index (χ3v) is 7.47. The topological polar surface area (TPSA) is 59.1 Å². The monoisotopic (exact) mass is 528 g/mol. The van der Waals surface area contributed by atoms with Gasteiger partial charge in [0.25, 0.3) is 0 Å². The zero-order valence-electron chi connectivity index (χ0n) is 23.8. The molecule has 1 unspecified atom stereocenters. The van der Waals surface area contributed by atoms with E-state index in [2.05, 4.69) is 35.8 Å². The molecule has 0 radical (unpaired) electrons. The summed E-state index contributed by atoms with van der Waals surface area (Å²) in [7, 11) is 5.63. The average molecular weight is 529 g/mol. The maximum atomic E-state index is 13.1. The number of hydrogen-bond donors (Lipinski definition) is 0. The Bertz CT molecular complexity index is 1320. The third kappa shape index (κ3) is 6.75. The highest BCUT2D eigenvalue weighted by Gasteiger charge is 2.25. The van der Waals surface area contributed by atoms with Gasteiger partial charge in [-0.15, -0.1) is 0 Å². The van der Waals surface area contributed by atoms with Gasteiger partial charge in [-0.25, -0.2) is 9.59 Å². The minimum absolute atomic E-state index is 0.342. The predicted molar refractivity (Wildman–Crippen MR) is 156 cm³/mol. The summed E-state index contributed by atoms with van der Waals surface area (Å²) >= 11 is 0. The zero-order valence-corrected chi connectivity index (χ0v) is 23.8. The van der Waals surface area contributed by atoms with Crippen LogP contribution in [-0.2, 0) is 22.6 Å². The number of benzene rings is 3. The van der Waals surface area contributed by atoms with Gasteiger partial charge in [0.2, 0.25) is 0 Å². The number of methoxy groups -OCH3 is 1. The Morgan fingerprint density at radius 2 is 1.62 bits per heavy atom. The fraction of sp³-hybridized carbons (Fsp3) is 0.394. The van der Waals surface area contributed by atoms with Gasteiger partial charge in [0.15, 0.2) is 0 Å². The van der Waals surface area contributed by atoms with Crippen molar-refractivity contribution in [1.29, 1.82) is 0 Å². The van der Waals surface area contributed by atoms with Crippen LogP contribution in [0.15, 0.2) is 60.7 Å². The van der Waals surface area contributed by atoms with Crippen molar-refractivity contribution in [2.24, 2.45) is 0 Å². The van der Waals surface area contributed by atoms with Crippen LogP contribution in [0.3, 0.4) is 0 Å². The van der Waals surface area contributed by atoms with E-state index >= 15 is 0 Å². The van der Waals surface area contributed by atoms with Crippen LogP contribution in [-0.4, -0.2) is 50.6 Å². The molecule has 3 aromatic carbocycles. The first-order valence-corrected chi connectivity index (χ1v) is 13.8. The van der Waals surface area contributed by atoms with Gasteiger partial charge in [0.1, 0.15) is 0 Å². The van der Waals surface area contributed by atoms with Crippen molar-refractivity contribution in [3.63, 3.8) is 0 Å². The van der Waals surface area contributed by atoms with Crippen molar-refractivity contribution in [3.8, 4) is 11.1 Å². The molecule has 0 bridgehead atoms. The number of ether oxygens (including phenoxy) is 2. The van der Waals surface area contributed by atoms with Gasteiger partial charge in [0.05, 0.1) is 17.7 Å². The third-order valence-electron chi connectivity index (χ3n) is 7.47. The van der Waals surface area contributed by atoms with Crippen molar-refractivity contribution in [3.05, 3.63) is 88.5 Å². The highest BCUT2D eigenvalue weighted by molar-refractivity contribution is 6.03. The van der Waals surface area contributed by atoms with Gasteiger partial charge in [-0.2, -0.15) is 0 Å². The van der Waals surface area contributed by atoms with Crippen LogP contribution >= 0.6 is 0 Å². The van der Waals surface area contributed by atoms with Crippen LogP contribution in [0.5, 0.6) is 0 Å². The van der Waals surface area contributed by atoms with E-state index in [1.54, 1.807) is 25.3 Å². The maximum Gasteiger partial charge on any atom is 0.346 e. The molecule has 0 aromatic heterocycles. The van der Waals surface area contributed by atoms with E-state index in [9.17, 15) is 9.59 Å². The van der Waals surface area contributed by atoms with Crippen LogP contribution < -0.4 is 4.90 Å². The van der Waals surface area contributed by atoms with E-state index in [1.807, 2.05) is 44.4 Å². The van der Waals surface area contributed by atoms with Gasteiger partial charge in [-0.3, -0.25) is 0 Å². The van der Waals surface area contributed by atoms with Crippen LogP contribution in [0.25, 0.3) is 11.1 Å². The van der Waals surface area contributed by atoms with E-state index in [0.29, 0.717) is 30.3 Å². The number of aryl methyl sites for hydroxylation is 1. The van der Waals surface area contributed by atoms with Crippen LogP contribution in [0, 0.1) is 6.92 Å². The summed E-state index contributed by atoms with van der Waals surface area (Å²) < 4.78 is 10.8. The first-order chi connectivity index (χ1) is 18.8. The van der Waals surface area contributed by atoms with Crippen LogP contribution in [0.2, 0.25) is 0 Å². The van der Waals surface area contributed by atoms with Crippen LogP contribution in [0.1, 0.15) is 70.0 Å². The molecule has 6 heteroatoms. The Morgan fingerprint density at radius 1 is 0.923 bits per heavy atom. The fourth-order valence-corrected chi connectivity index (χ4v) is 5.54. The number of piperidine rings is 1. The number of esters is 2. The Labute approximate surface area is 232 Å². The minimum atomic E-state index is -0.660. The smallest absolute Gasteiger partial charge is 0.346 e. The summed E-state index contributed by atoms with van der Waals surface area (Å²) in [5.74, 6) is -1.32. The lowest BCUT2D eigenvalue weighted by Crippen LogP contribution is -2.39. The second-order valence-corrected chi connectivity index (χ2v) is 10.6. The largest absolute Gasteiger partial charge is 0.386 e. The summed E-state index contributed by atoms with van der Waals surface area (Å²) in [6, 6.07) is 19.7. The Hall–Kier alpha value is -3.48. The lowest BCUT2D eigenvalue weighted by Gasteiger charge is -2.38. The zero-order chi connectivity index (χ0) is 27.9. The van der Waals surface area contributed by atoms with Crippen LogP contribution in [0.4, 0.5) is 5.69 Å². The summed E-state index contributed by atoms with van der Waals surface area (Å²) in [5.41, 5.74) is 7.05. The number of carbonyl (C=O) groups is 2. The highest BCUT2D eigenvalue weighted by atomic mass is 16.6. The van der Waals surface area contributed by atoms with E-state index in [0.717, 1.165) is 52.9 Å². The molecule has 1 saturated heterocycles. The molecule has 0 amide bonds. The number of hydrogen-bond acceptors (Lipinski definition) is 6.